The molecule has 5 heteroatoms. The minimum atomic E-state index is -0.565. The van der Waals surface area contributed by atoms with Gasteiger partial charge in [0.1, 0.15) is 0 Å². The van der Waals surface area contributed by atoms with Crippen LogP contribution in [0, 0.1) is 0 Å². The van der Waals surface area contributed by atoms with Gasteiger partial charge in [-0.3, -0.25) is 0 Å². The summed E-state index contributed by atoms with van der Waals surface area (Å²) in [4.78, 5) is 0. The van der Waals surface area contributed by atoms with Crippen LogP contribution in [0.2, 0.25) is 0 Å². The van der Waals surface area contributed by atoms with Gasteiger partial charge < -0.3 is 18.5 Å². The van der Waals surface area contributed by atoms with E-state index in [2.05, 4.69) is 0 Å². The van der Waals surface area contributed by atoms with Crippen molar-refractivity contribution in [3.8, 4) is 0 Å². The van der Waals surface area contributed by atoms with E-state index in [0.29, 0.717) is 0 Å². The van der Waals surface area contributed by atoms with Crippen molar-refractivity contribution in [2.45, 2.75) is 38.9 Å². The van der Waals surface area contributed by atoms with E-state index in [-0.39, 0.29) is 64.0 Å². The van der Waals surface area contributed by atoms with Gasteiger partial charge in [0.2, 0.25) is 0 Å². The zero-order chi connectivity index (χ0) is 7.99. The molecule has 0 saturated carbocycles. The second-order valence-corrected chi connectivity index (χ2v) is 3.62. The molecule has 1 aliphatic heterocycles. The molecule has 0 amide bonds. The third-order valence-corrected chi connectivity index (χ3v) is 2.27. The van der Waals surface area contributed by atoms with Crippen LogP contribution < -0.4 is 51.4 Å². The van der Waals surface area contributed by atoms with Gasteiger partial charge in [0.05, 0.1) is 11.2 Å². The van der Waals surface area contributed by atoms with E-state index in [1.807, 2.05) is 27.7 Å². The molecule has 0 atom stereocenters. The Morgan fingerprint density at radius 1 is 1.09 bits per heavy atom. The van der Waals surface area contributed by atoms with Crippen molar-refractivity contribution in [3.63, 3.8) is 0 Å². The van der Waals surface area contributed by atoms with Gasteiger partial charge in [0.15, 0.2) is 7.01 Å². The second-order valence-electron chi connectivity index (χ2n) is 3.62. The van der Waals surface area contributed by atoms with Crippen molar-refractivity contribution in [1.29, 1.82) is 0 Å². The molecule has 0 bridgehead atoms. The molecule has 57 valence electrons. The van der Waals surface area contributed by atoms with Gasteiger partial charge in [-0.05, 0) is 27.7 Å². The standard InChI is InChI=1S/C6H12B2O2.K.H/c1-5(2)6(3,4)10-8(7)9-5;;/h1-4H3;;/q-1;+1;-1. The zero-order valence-corrected chi connectivity index (χ0v) is 11.1. The van der Waals surface area contributed by atoms with Crippen LogP contribution in [0.4, 0.5) is 0 Å². The van der Waals surface area contributed by atoms with Crippen LogP contribution >= 0.6 is 0 Å². The summed E-state index contributed by atoms with van der Waals surface area (Å²) in [5.74, 6) is 0. The normalized spacial score (nSPS) is 26.5. The van der Waals surface area contributed by atoms with Crippen LogP contribution in [0.1, 0.15) is 29.1 Å². The van der Waals surface area contributed by atoms with Crippen molar-refractivity contribution < 1.29 is 62.1 Å². The minimum absolute atomic E-state index is 0. The molecular formula is C6H13B2KO2-. The van der Waals surface area contributed by atoms with Crippen LogP contribution in [0.5, 0.6) is 0 Å². The molecule has 11 heavy (non-hydrogen) atoms. The van der Waals surface area contributed by atoms with Crippen molar-refractivity contribution in [1.82, 2.24) is 0 Å². The zero-order valence-electron chi connectivity index (χ0n) is 8.97. The molecule has 2 nitrogen and oxygen atoms in total. The molecule has 0 spiro atoms. The summed E-state index contributed by atoms with van der Waals surface area (Å²) in [5, 5.41) is 0. The maximum atomic E-state index is 5.44. The Balaban J connectivity index is 0. The van der Waals surface area contributed by atoms with Crippen LogP contribution in [0.3, 0.4) is 0 Å². The molecule has 1 saturated heterocycles. The maximum Gasteiger partial charge on any atom is 1.00 e. The molecule has 0 N–H and O–H groups in total. The molecule has 0 aromatic heterocycles. The van der Waals surface area contributed by atoms with E-state index >= 15 is 0 Å². The smallest absolute Gasteiger partial charge is 1.00 e. The molecule has 1 aliphatic rings. The number of rotatable bonds is 0. The topological polar surface area (TPSA) is 18.5 Å². The Morgan fingerprint density at radius 2 is 1.36 bits per heavy atom. The fourth-order valence-electron chi connectivity index (χ4n) is 0.889. The summed E-state index contributed by atoms with van der Waals surface area (Å²) in [6, 6.07) is 0. The van der Waals surface area contributed by atoms with Gasteiger partial charge in [-0.1, -0.05) is 0 Å². The van der Waals surface area contributed by atoms with E-state index in [1.54, 1.807) is 0 Å². The van der Waals surface area contributed by atoms with Gasteiger partial charge in [0.25, 0.3) is 0 Å². The molecule has 1 heterocycles. The Bertz CT molecular complexity index is 138. The van der Waals surface area contributed by atoms with E-state index < -0.39 is 7.01 Å². The average Bonchev–Trinajstić information content (AvgIpc) is 1.73. The van der Waals surface area contributed by atoms with Gasteiger partial charge in [-0.2, -0.15) is 0 Å². The maximum absolute atomic E-state index is 5.44. The summed E-state index contributed by atoms with van der Waals surface area (Å²) < 4.78 is 10.6. The van der Waals surface area contributed by atoms with Crippen LogP contribution in [-0.4, -0.2) is 25.9 Å². The summed E-state index contributed by atoms with van der Waals surface area (Å²) in [6.45, 7) is 7.89. The predicted octanol–water partition coefficient (Wildman–Crippen LogP) is -2.14. The molecule has 0 aromatic rings. The molecule has 3 radical (unpaired) electrons. The SMILES string of the molecule is [B-]B1OC(C)(C)C(C)(C)O1.[H-].[K+]. The summed E-state index contributed by atoms with van der Waals surface area (Å²) in [5.41, 5.74) is -0.571. The number of hydrogen-bond donors (Lipinski definition) is 0. The summed E-state index contributed by atoms with van der Waals surface area (Å²) in [7, 11) is 4.88. The Labute approximate surface area is 114 Å². The van der Waals surface area contributed by atoms with Crippen LogP contribution in [0.15, 0.2) is 0 Å². The molecule has 0 aromatic carbocycles. The Hall–Kier alpha value is 1.69. The second kappa shape index (κ2) is 3.82. The molecule has 0 aliphatic carbocycles. The largest absolute Gasteiger partial charge is 1.00 e. The summed E-state index contributed by atoms with van der Waals surface area (Å²) >= 11 is 0. The molecule has 0 unspecified atom stereocenters. The third-order valence-electron chi connectivity index (χ3n) is 2.27. The van der Waals surface area contributed by atoms with Gasteiger partial charge in [-0.25, -0.2) is 0 Å². The Kier molecular flexibility index (Phi) is 4.41. The number of hydrogen-bond acceptors (Lipinski definition) is 2. The van der Waals surface area contributed by atoms with E-state index in [1.165, 1.54) is 0 Å². The van der Waals surface area contributed by atoms with Crippen molar-refractivity contribution in [3.05, 3.63) is 0 Å². The van der Waals surface area contributed by atoms with Crippen molar-refractivity contribution in [2.75, 3.05) is 0 Å². The molecule has 1 fully saturated rings. The van der Waals surface area contributed by atoms with Gasteiger partial charge in [-0.15, -0.1) is 0 Å². The van der Waals surface area contributed by atoms with Gasteiger partial charge in [0, 0.05) is 0 Å². The average molecular weight is 178 g/mol. The molecular weight excluding hydrogens is 165 g/mol. The van der Waals surface area contributed by atoms with E-state index in [4.69, 9.17) is 17.0 Å². The first-order chi connectivity index (χ1) is 4.35. The first-order valence-corrected chi connectivity index (χ1v) is 3.46. The minimum Gasteiger partial charge on any atom is -1.00 e. The third kappa shape index (κ3) is 2.56. The fourth-order valence-corrected chi connectivity index (χ4v) is 0.889. The van der Waals surface area contributed by atoms with Crippen LogP contribution in [0.25, 0.3) is 0 Å². The Morgan fingerprint density at radius 3 is 1.45 bits per heavy atom. The predicted molar refractivity (Wildman–Crippen MR) is 42.9 cm³/mol. The van der Waals surface area contributed by atoms with Crippen LogP contribution in [-0.2, 0) is 9.31 Å². The quantitative estimate of drug-likeness (QED) is 0.394. The first-order valence-electron chi connectivity index (χ1n) is 3.46. The van der Waals surface area contributed by atoms with E-state index in [9.17, 15) is 0 Å². The van der Waals surface area contributed by atoms with Crippen molar-refractivity contribution in [2.24, 2.45) is 0 Å². The first kappa shape index (κ1) is 12.7. The van der Waals surface area contributed by atoms with E-state index in [0.717, 1.165) is 0 Å². The summed E-state index contributed by atoms with van der Waals surface area (Å²) in [6.07, 6.45) is 0. The monoisotopic (exact) mass is 178 g/mol. The van der Waals surface area contributed by atoms with Gasteiger partial charge >= 0.3 is 51.4 Å². The fraction of sp³-hybridized carbons (Fsp3) is 1.00. The van der Waals surface area contributed by atoms with Crippen molar-refractivity contribution >= 4 is 14.7 Å². The molecule has 1 rings (SSSR count).